The minimum Gasteiger partial charge on any atom is -0.466 e. The Kier molecular flexibility index (Phi) is 8.82. The minimum atomic E-state index is -0.522. The second kappa shape index (κ2) is 10.1. The van der Waals surface area contributed by atoms with Crippen molar-refractivity contribution in [3.05, 3.63) is 0 Å². The van der Waals surface area contributed by atoms with Gasteiger partial charge in [0.15, 0.2) is 0 Å². The van der Waals surface area contributed by atoms with Crippen LogP contribution in [-0.4, -0.2) is 49.6 Å². The molecule has 2 N–H and O–H groups in total. The predicted octanol–water partition coefficient (Wildman–Crippen LogP) is 1.49. The number of rotatable bonds is 9. The molecule has 0 saturated heterocycles. The average Bonchev–Trinajstić information content (AvgIpc) is 2.43. The number of carbonyl (C=O) groups is 1. The Morgan fingerprint density at radius 1 is 1.40 bits per heavy atom. The maximum Gasteiger partial charge on any atom is 0.307 e. The third kappa shape index (κ3) is 7.22. The number of aliphatic hydroxyl groups excluding tert-OH is 1. The fourth-order valence-corrected chi connectivity index (χ4v) is 2.52. The summed E-state index contributed by atoms with van der Waals surface area (Å²) in [5.74, 6) is 0.384. The van der Waals surface area contributed by atoms with Gasteiger partial charge in [-0.3, -0.25) is 4.79 Å². The number of carbonyl (C=O) groups excluding carboxylic acids is 1. The van der Waals surface area contributed by atoms with E-state index in [0.29, 0.717) is 38.6 Å². The molecule has 3 atom stereocenters. The van der Waals surface area contributed by atoms with Crippen molar-refractivity contribution in [1.29, 1.82) is 0 Å². The summed E-state index contributed by atoms with van der Waals surface area (Å²) in [5, 5.41) is 12.9. The molecule has 5 heteroatoms. The molecule has 0 aromatic heterocycles. The quantitative estimate of drug-likeness (QED) is 0.497. The van der Waals surface area contributed by atoms with Crippen LogP contribution in [0.25, 0.3) is 0 Å². The summed E-state index contributed by atoms with van der Waals surface area (Å²) in [4.78, 5) is 11.1. The van der Waals surface area contributed by atoms with Crippen molar-refractivity contribution in [2.45, 2.75) is 58.2 Å². The van der Waals surface area contributed by atoms with Crippen molar-refractivity contribution < 1.29 is 19.4 Å². The molecule has 0 aromatic carbocycles. The van der Waals surface area contributed by atoms with Crippen LogP contribution in [0.1, 0.15) is 46.0 Å². The number of ether oxygens (including phenoxy) is 2. The zero-order valence-corrected chi connectivity index (χ0v) is 12.8. The van der Waals surface area contributed by atoms with Gasteiger partial charge in [0.2, 0.25) is 0 Å². The van der Waals surface area contributed by atoms with Crippen molar-refractivity contribution in [1.82, 2.24) is 5.32 Å². The van der Waals surface area contributed by atoms with Crippen molar-refractivity contribution in [2.75, 3.05) is 26.3 Å². The number of aliphatic hydroxyl groups is 1. The number of nitrogens with one attached hydrogen (secondary N) is 1. The van der Waals surface area contributed by atoms with Crippen LogP contribution in [-0.2, 0) is 14.3 Å². The zero-order chi connectivity index (χ0) is 14.8. The van der Waals surface area contributed by atoms with Gasteiger partial charge in [-0.15, -0.1) is 0 Å². The Labute approximate surface area is 122 Å². The van der Waals surface area contributed by atoms with E-state index in [9.17, 15) is 9.90 Å². The maximum atomic E-state index is 11.1. The molecular weight excluding hydrogens is 258 g/mol. The lowest BCUT2D eigenvalue weighted by atomic mass is 9.88. The van der Waals surface area contributed by atoms with Crippen LogP contribution >= 0.6 is 0 Å². The first kappa shape index (κ1) is 17.4. The number of hydrogen-bond donors (Lipinski definition) is 2. The maximum absolute atomic E-state index is 11.1. The lowest BCUT2D eigenvalue weighted by Crippen LogP contribution is -2.35. The van der Waals surface area contributed by atoms with Crippen LogP contribution in [0, 0.1) is 5.92 Å². The van der Waals surface area contributed by atoms with Crippen LogP contribution in [0.3, 0.4) is 0 Å². The summed E-state index contributed by atoms with van der Waals surface area (Å²) in [6.07, 6.45) is 4.94. The van der Waals surface area contributed by atoms with Crippen LogP contribution in [0.15, 0.2) is 0 Å². The molecule has 1 saturated carbocycles. The molecule has 0 heterocycles. The van der Waals surface area contributed by atoms with Crippen molar-refractivity contribution in [2.24, 2.45) is 5.92 Å². The molecule has 5 nitrogen and oxygen atoms in total. The monoisotopic (exact) mass is 287 g/mol. The van der Waals surface area contributed by atoms with E-state index in [1.54, 1.807) is 6.92 Å². The Balaban J connectivity index is 2.02. The first-order valence-corrected chi connectivity index (χ1v) is 7.79. The summed E-state index contributed by atoms with van der Waals surface area (Å²) in [7, 11) is 0. The van der Waals surface area contributed by atoms with Crippen LogP contribution in [0.4, 0.5) is 0 Å². The molecule has 1 aliphatic carbocycles. The molecule has 118 valence electrons. The van der Waals surface area contributed by atoms with E-state index in [1.165, 1.54) is 19.3 Å². The number of esters is 1. The average molecular weight is 287 g/mol. The first-order chi connectivity index (χ1) is 9.63. The summed E-state index contributed by atoms with van der Waals surface area (Å²) >= 11 is 0. The molecule has 0 aliphatic heterocycles. The zero-order valence-electron chi connectivity index (χ0n) is 12.8. The largest absolute Gasteiger partial charge is 0.466 e. The lowest BCUT2D eigenvalue weighted by molar-refractivity contribution is -0.143. The van der Waals surface area contributed by atoms with E-state index in [-0.39, 0.29) is 12.1 Å². The molecule has 0 spiro atoms. The van der Waals surface area contributed by atoms with Crippen molar-refractivity contribution in [3.63, 3.8) is 0 Å². The Morgan fingerprint density at radius 3 is 2.85 bits per heavy atom. The molecule has 0 aromatic rings. The van der Waals surface area contributed by atoms with E-state index in [0.717, 1.165) is 6.42 Å². The van der Waals surface area contributed by atoms with Gasteiger partial charge >= 0.3 is 5.97 Å². The molecule has 20 heavy (non-hydrogen) atoms. The highest BCUT2D eigenvalue weighted by molar-refractivity contribution is 5.69. The van der Waals surface area contributed by atoms with Crippen molar-refractivity contribution >= 4 is 5.97 Å². The van der Waals surface area contributed by atoms with Gasteiger partial charge in [0.05, 0.1) is 31.8 Å². The Hall–Kier alpha value is -0.650. The van der Waals surface area contributed by atoms with Gasteiger partial charge < -0.3 is 19.9 Å². The molecule has 1 rings (SSSR count). The molecule has 0 radical (unpaired) electrons. The fraction of sp³-hybridized carbons (Fsp3) is 0.933. The highest BCUT2D eigenvalue weighted by Crippen LogP contribution is 2.26. The summed E-state index contributed by atoms with van der Waals surface area (Å²) < 4.78 is 10.6. The van der Waals surface area contributed by atoms with Gasteiger partial charge in [-0.2, -0.15) is 0 Å². The molecule has 3 unspecified atom stereocenters. The number of hydrogen-bond acceptors (Lipinski definition) is 5. The molecule has 0 bridgehead atoms. The third-order valence-electron chi connectivity index (χ3n) is 3.73. The lowest BCUT2D eigenvalue weighted by Gasteiger charge is -2.29. The van der Waals surface area contributed by atoms with Crippen LogP contribution in [0.5, 0.6) is 0 Å². The van der Waals surface area contributed by atoms with Crippen molar-refractivity contribution in [3.8, 4) is 0 Å². The molecule has 1 aliphatic rings. The van der Waals surface area contributed by atoms with Crippen LogP contribution < -0.4 is 5.32 Å². The summed E-state index contributed by atoms with van der Waals surface area (Å²) in [6, 6.07) is 0. The Morgan fingerprint density at radius 2 is 2.15 bits per heavy atom. The van der Waals surface area contributed by atoms with Gasteiger partial charge in [-0.1, -0.05) is 19.8 Å². The van der Waals surface area contributed by atoms with E-state index in [4.69, 9.17) is 9.47 Å². The normalized spacial score (nSPS) is 24.4. The van der Waals surface area contributed by atoms with Gasteiger partial charge in [0.1, 0.15) is 0 Å². The highest BCUT2D eigenvalue weighted by atomic mass is 16.5. The summed E-state index contributed by atoms with van der Waals surface area (Å²) in [5.41, 5.74) is 0. The third-order valence-corrected chi connectivity index (χ3v) is 3.73. The standard InChI is InChI=1S/C15H29NO4/c1-3-19-15(18)8-9-16-10-13(17)11-20-14-7-5-4-6-12(14)2/h12-14,16-17H,3-11H2,1-2H3. The molecule has 1 fully saturated rings. The van der Waals surface area contributed by atoms with Gasteiger partial charge in [0.25, 0.3) is 0 Å². The SMILES string of the molecule is CCOC(=O)CCNCC(O)COC1CCCCC1C. The topological polar surface area (TPSA) is 67.8 Å². The second-order valence-electron chi connectivity index (χ2n) is 5.55. The smallest absolute Gasteiger partial charge is 0.307 e. The first-order valence-electron chi connectivity index (χ1n) is 7.79. The van der Waals surface area contributed by atoms with E-state index in [1.807, 2.05) is 0 Å². The molecular formula is C15H29NO4. The summed E-state index contributed by atoms with van der Waals surface area (Å²) in [6.45, 7) is 5.75. The van der Waals surface area contributed by atoms with Crippen LogP contribution in [0.2, 0.25) is 0 Å². The minimum absolute atomic E-state index is 0.207. The predicted molar refractivity (Wildman–Crippen MR) is 77.5 cm³/mol. The second-order valence-corrected chi connectivity index (χ2v) is 5.55. The Bertz CT molecular complexity index is 273. The van der Waals surface area contributed by atoms with E-state index in [2.05, 4.69) is 12.2 Å². The van der Waals surface area contributed by atoms with E-state index >= 15 is 0 Å². The fourth-order valence-electron chi connectivity index (χ4n) is 2.52. The molecule has 0 amide bonds. The van der Waals surface area contributed by atoms with Gasteiger partial charge in [-0.25, -0.2) is 0 Å². The van der Waals surface area contributed by atoms with Gasteiger partial charge in [0, 0.05) is 13.1 Å². The van der Waals surface area contributed by atoms with E-state index < -0.39 is 6.10 Å². The van der Waals surface area contributed by atoms with Gasteiger partial charge in [-0.05, 0) is 25.7 Å². The highest BCUT2D eigenvalue weighted by Gasteiger charge is 2.22.